The number of furan rings is 1. The van der Waals surface area contributed by atoms with Gasteiger partial charge < -0.3 is 4.42 Å². The molecule has 3 aromatic heterocycles. The maximum Gasteiger partial charge on any atom is 0.332 e. The van der Waals surface area contributed by atoms with Crippen molar-refractivity contribution in [3.05, 3.63) is 98.7 Å². The van der Waals surface area contributed by atoms with Gasteiger partial charge in [0.2, 0.25) is 0 Å². The normalized spacial score (nSPS) is 11.1. The monoisotopic (exact) mass is 347 g/mol. The minimum Gasteiger partial charge on any atom is -0.467 e. The van der Waals surface area contributed by atoms with Crippen LogP contribution in [0.2, 0.25) is 0 Å². The Kier molecular flexibility index (Phi) is 4.01. The van der Waals surface area contributed by atoms with Gasteiger partial charge in [-0.05, 0) is 36.8 Å². The Morgan fingerprint density at radius 1 is 0.962 bits per heavy atom. The maximum atomic E-state index is 13.1. The average Bonchev–Trinajstić information content (AvgIpc) is 3.17. The molecule has 4 rings (SSSR count). The maximum absolute atomic E-state index is 13.1. The van der Waals surface area contributed by atoms with Gasteiger partial charge >= 0.3 is 5.69 Å². The molecule has 6 nitrogen and oxygen atoms in total. The van der Waals surface area contributed by atoms with Crippen LogP contribution in [-0.4, -0.2) is 14.1 Å². The average molecular weight is 347 g/mol. The van der Waals surface area contributed by atoms with Gasteiger partial charge in [0.1, 0.15) is 5.76 Å². The largest absolute Gasteiger partial charge is 0.467 e. The van der Waals surface area contributed by atoms with Crippen LogP contribution >= 0.6 is 0 Å². The van der Waals surface area contributed by atoms with Gasteiger partial charge in [0.05, 0.1) is 24.9 Å². The lowest BCUT2D eigenvalue weighted by molar-refractivity contribution is 0.479. The molecule has 0 saturated heterocycles. The molecule has 0 bridgehead atoms. The van der Waals surface area contributed by atoms with Gasteiger partial charge in [0.15, 0.2) is 5.52 Å². The van der Waals surface area contributed by atoms with E-state index in [4.69, 9.17) is 4.42 Å². The molecule has 26 heavy (non-hydrogen) atoms. The summed E-state index contributed by atoms with van der Waals surface area (Å²) in [5, 5.41) is 0. The first kappa shape index (κ1) is 16.1. The zero-order valence-corrected chi connectivity index (χ0v) is 14.3. The van der Waals surface area contributed by atoms with Crippen LogP contribution in [0.3, 0.4) is 0 Å². The van der Waals surface area contributed by atoms with E-state index in [-0.39, 0.29) is 17.8 Å². The van der Waals surface area contributed by atoms with Crippen molar-refractivity contribution in [3.8, 4) is 0 Å². The second-order valence-corrected chi connectivity index (χ2v) is 6.20. The lowest BCUT2D eigenvalue weighted by Crippen LogP contribution is -2.40. The standard InChI is InChI=1S/C20H17N3O3/c1-14-6-8-15(9-7-14)12-22-17-5-2-10-21-18(17)19(24)23(20(22)25)13-16-4-3-11-26-16/h2-11H,12-13H2,1H3. The van der Waals surface area contributed by atoms with E-state index >= 15 is 0 Å². The number of aromatic nitrogens is 3. The quantitative estimate of drug-likeness (QED) is 0.569. The van der Waals surface area contributed by atoms with E-state index in [1.807, 2.05) is 31.2 Å². The van der Waals surface area contributed by atoms with E-state index in [0.717, 1.165) is 11.1 Å². The van der Waals surface area contributed by atoms with Crippen molar-refractivity contribution in [1.82, 2.24) is 14.1 Å². The number of fused-ring (bicyclic) bond motifs is 1. The highest BCUT2D eigenvalue weighted by Gasteiger charge is 2.15. The Bertz CT molecular complexity index is 1170. The number of rotatable bonds is 4. The zero-order valence-electron chi connectivity index (χ0n) is 14.3. The molecule has 130 valence electrons. The molecule has 0 amide bonds. The fraction of sp³-hybridized carbons (Fsp3) is 0.150. The van der Waals surface area contributed by atoms with Crippen LogP contribution in [0.4, 0.5) is 0 Å². The van der Waals surface area contributed by atoms with Crippen molar-refractivity contribution in [2.24, 2.45) is 0 Å². The Balaban J connectivity index is 1.91. The molecule has 1 aromatic carbocycles. The minimum absolute atomic E-state index is 0.0745. The van der Waals surface area contributed by atoms with E-state index in [2.05, 4.69) is 4.98 Å². The highest BCUT2D eigenvalue weighted by atomic mass is 16.3. The second kappa shape index (κ2) is 6.48. The third kappa shape index (κ3) is 2.86. The molecular formula is C20H17N3O3. The third-order valence-electron chi connectivity index (χ3n) is 4.34. The fourth-order valence-electron chi connectivity index (χ4n) is 2.97. The van der Waals surface area contributed by atoms with Gasteiger partial charge in [-0.15, -0.1) is 0 Å². The fourth-order valence-corrected chi connectivity index (χ4v) is 2.97. The predicted molar refractivity (Wildman–Crippen MR) is 98.4 cm³/mol. The number of pyridine rings is 1. The van der Waals surface area contributed by atoms with Crippen molar-refractivity contribution in [2.75, 3.05) is 0 Å². The summed E-state index contributed by atoms with van der Waals surface area (Å²) in [6.07, 6.45) is 3.08. The third-order valence-corrected chi connectivity index (χ3v) is 4.34. The Hall–Kier alpha value is -3.41. The molecule has 0 aliphatic heterocycles. The highest BCUT2D eigenvalue weighted by molar-refractivity contribution is 5.73. The van der Waals surface area contributed by atoms with Crippen molar-refractivity contribution in [1.29, 1.82) is 0 Å². The van der Waals surface area contributed by atoms with Gasteiger partial charge in [0, 0.05) is 6.20 Å². The van der Waals surface area contributed by atoms with E-state index in [1.54, 1.807) is 35.0 Å². The summed E-state index contributed by atoms with van der Waals surface area (Å²) >= 11 is 0. The first-order valence-corrected chi connectivity index (χ1v) is 8.30. The summed E-state index contributed by atoms with van der Waals surface area (Å²) in [7, 11) is 0. The van der Waals surface area contributed by atoms with Crippen molar-refractivity contribution in [2.45, 2.75) is 20.0 Å². The van der Waals surface area contributed by atoms with E-state index in [9.17, 15) is 9.59 Å². The van der Waals surface area contributed by atoms with E-state index in [0.29, 0.717) is 17.8 Å². The molecule has 0 saturated carbocycles. The van der Waals surface area contributed by atoms with Crippen molar-refractivity contribution in [3.63, 3.8) is 0 Å². The molecule has 6 heteroatoms. The number of nitrogens with zero attached hydrogens (tertiary/aromatic N) is 3. The van der Waals surface area contributed by atoms with Crippen molar-refractivity contribution < 1.29 is 4.42 Å². The van der Waals surface area contributed by atoms with E-state index in [1.165, 1.54) is 10.8 Å². The summed E-state index contributed by atoms with van der Waals surface area (Å²) in [4.78, 5) is 30.0. The molecule has 4 aromatic rings. The SMILES string of the molecule is Cc1ccc(Cn2c(=O)n(Cc3ccco3)c(=O)c3ncccc32)cc1. The first-order chi connectivity index (χ1) is 12.6. The first-order valence-electron chi connectivity index (χ1n) is 8.30. The number of benzene rings is 1. The number of aryl methyl sites for hydroxylation is 1. The molecule has 0 fully saturated rings. The molecule has 0 N–H and O–H groups in total. The lowest BCUT2D eigenvalue weighted by Gasteiger charge is -2.13. The van der Waals surface area contributed by atoms with Crippen LogP contribution < -0.4 is 11.2 Å². The predicted octanol–water partition coefficient (Wildman–Crippen LogP) is 2.56. The van der Waals surface area contributed by atoms with Gasteiger partial charge in [0.25, 0.3) is 5.56 Å². The molecule has 0 unspecified atom stereocenters. The van der Waals surface area contributed by atoms with Crippen LogP contribution in [-0.2, 0) is 13.1 Å². The summed E-state index contributed by atoms with van der Waals surface area (Å²) in [5.41, 5.74) is 2.13. The molecule has 0 spiro atoms. The minimum atomic E-state index is -0.415. The van der Waals surface area contributed by atoms with E-state index < -0.39 is 5.56 Å². The Morgan fingerprint density at radius 2 is 1.77 bits per heavy atom. The summed E-state index contributed by atoms with van der Waals surface area (Å²) < 4.78 is 8.05. The number of hydrogen-bond acceptors (Lipinski definition) is 4. The van der Waals surface area contributed by atoms with Gasteiger partial charge in [-0.25, -0.2) is 9.78 Å². The van der Waals surface area contributed by atoms with Crippen LogP contribution in [0.1, 0.15) is 16.9 Å². The Labute approximate surface area is 149 Å². The molecule has 0 radical (unpaired) electrons. The second-order valence-electron chi connectivity index (χ2n) is 6.20. The zero-order chi connectivity index (χ0) is 18.1. The van der Waals surface area contributed by atoms with Crippen LogP contribution in [0.15, 0.2) is 75.0 Å². The van der Waals surface area contributed by atoms with Crippen molar-refractivity contribution >= 4 is 11.0 Å². The topological polar surface area (TPSA) is 70.0 Å². The van der Waals surface area contributed by atoms with Crippen LogP contribution in [0.25, 0.3) is 11.0 Å². The highest BCUT2D eigenvalue weighted by Crippen LogP contribution is 2.10. The molecular weight excluding hydrogens is 330 g/mol. The number of hydrogen-bond donors (Lipinski definition) is 0. The van der Waals surface area contributed by atoms with Crippen LogP contribution in [0.5, 0.6) is 0 Å². The molecule has 0 aliphatic rings. The summed E-state index contributed by atoms with van der Waals surface area (Å²) in [6.45, 7) is 2.45. The van der Waals surface area contributed by atoms with Gasteiger partial charge in [-0.2, -0.15) is 0 Å². The summed E-state index contributed by atoms with van der Waals surface area (Å²) in [6, 6.07) is 14.9. The molecule has 3 heterocycles. The molecule has 0 aliphatic carbocycles. The summed E-state index contributed by atoms with van der Waals surface area (Å²) in [5.74, 6) is 0.543. The van der Waals surface area contributed by atoms with Crippen LogP contribution in [0, 0.1) is 6.92 Å². The Morgan fingerprint density at radius 3 is 2.50 bits per heavy atom. The smallest absolute Gasteiger partial charge is 0.332 e. The van der Waals surface area contributed by atoms with Gasteiger partial charge in [-0.1, -0.05) is 29.8 Å². The lowest BCUT2D eigenvalue weighted by atomic mass is 10.1. The van der Waals surface area contributed by atoms with Gasteiger partial charge in [-0.3, -0.25) is 13.9 Å². The molecule has 0 atom stereocenters.